The van der Waals surface area contributed by atoms with Crippen molar-refractivity contribution in [2.75, 3.05) is 13.2 Å². The van der Waals surface area contributed by atoms with Gasteiger partial charge < -0.3 is 19.0 Å². The molecule has 1 saturated heterocycles. The average Bonchev–Trinajstić information content (AvgIpc) is 2.40. The minimum Gasteiger partial charge on any atom is -0.413 e. The largest absolute Gasteiger partial charge is 0.413 e. The van der Waals surface area contributed by atoms with E-state index in [2.05, 4.69) is 47.7 Å². The average molecular weight is 347 g/mol. The molecule has 1 rings (SSSR count). The first-order valence-electron chi connectivity index (χ1n) is 8.91. The normalized spacial score (nSPS) is 26.6. The van der Waals surface area contributed by atoms with E-state index >= 15 is 0 Å². The van der Waals surface area contributed by atoms with Gasteiger partial charge in [0.25, 0.3) is 0 Å². The molecule has 1 N–H and O–H groups in total. The predicted molar refractivity (Wildman–Crippen MR) is 97.0 cm³/mol. The van der Waals surface area contributed by atoms with Crippen LogP contribution in [-0.4, -0.2) is 44.6 Å². The fourth-order valence-electron chi connectivity index (χ4n) is 2.82. The zero-order chi connectivity index (χ0) is 18.1. The Hall–Kier alpha value is 0.0569. The molecule has 1 heterocycles. The van der Waals surface area contributed by atoms with E-state index in [1.165, 1.54) is 0 Å². The SMILES string of the molecule is C[C@H]([C@H](O[Si](C)(C)C(C)(C)C)[C@@H](C)CO)[C@H]1CCOC(C)(C)O1. The molecule has 1 aliphatic heterocycles. The fraction of sp³-hybridized carbons (Fsp3) is 1.00. The van der Waals surface area contributed by atoms with Crippen LogP contribution in [0.1, 0.15) is 54.9 Å². The van der Waals surface area contributed by atoms with E-state index in [-0.39, 0.29) is 35.7 Å². The van der Waals surface area contributed by atoms with Crippen LogP contribution in [0, 0.1) is 11.8 Å². The molecule has 4 nitrogen and oxygen atoms in total. The lowest BCUT2D eigenvalue weighted by atomic mass is 9.88. The molecular weight excluding hydrogens is 308 g/mol. The van der Waals surface area contributed by atoms with Crippen molar-refractivity contribution >= 4 is 8.32 Å². The molecule has 0 saturated carbocycles. The van der Waals surface area contributed by atoms with Gasteiger partial charge >= 0.3 is 0 Å². The summed E-state index contributed by atoms with van der Waals surface area (Å²) in [5.74, 6) is -0.232. The second-order valence-corrected chi connectivity index (χ2v) is 13.8. The highest BCUT2D eigenvalue weighted by molar-refractivity contribution is 6.74. The molecule has 0 spiro atoms. The van der Waals surface area contributed by atoms with Crippen LogP contribution in [0.15, 0.2) is 0 Å². The van der Waals surface area contributed by atoms with E-state index in [1.807, 2.05) is 13.8 Å². The summed E-state index contributed by atoms with van der Waals surface area (Å²) in [4.78, 5) is 0. The molecule has 0 aliphatic carbocycles. The van der Waals surface area contributed by atoms with Crippen LogP contribution >= 0.6 is 0 Å². The Balaban J connectivity index is 2.93. The van der Waals surface area contributed by atoms with Gasteiger partial charge in [0, 0.05) is 18.4 Å². The summed E-state index contributed by atoms with van der Waals surface area (Å²) in [7, 11) is -1.91. The van der Waals surface area contributed by atoms with Crippen LogP contribution in [-0.2, 0) is 13.9 Å². The first-order valence-corrected chi connectivity index (χ1v) is 11.8. The van der Waals surface area contributed by atoms with E-state index in [0.717, 1.165) is 6.42 Å². The van der Waals surface area contributed by atoms with Crippen molar-refractivity contribution in [3.05, 3.63) is 0 Å². The molecule has 0 aromatic heterocycles. The van der Waals surface area contributed by atoms with Crippen molar-refractivity contribution in [3.8, 4) is 0 Å². The van der Waals surface area contributed by atoms with Crippen LogP contribution in [0.25, 0.3) is 0 Å². The van der Waals surface area contributed by atoms with Gasteiger partial charge in [0.05, 0.1) is 18.8 Å². The number of aliphatic hydroxyl groups is 1. The first kappa shape index (κ1) is 21.1. The molecule has 0 bridgehead atoms. The van der Waals surface area contributed by atoms with Crippen molar-refractivity contribution in [2.45, 2.75) is 91.0 Å². The Kier molecular flexibility index (Phi) is 6.90. The summed E-state index contributed by atoms with van der Waals surface area (Å²) in [6, 6.07) is 0. The lowest BCUT2D eigenvalue weighted by molar-refractivity contribution is -0.286. The maximum Gasteiger partial charge on any atom is 0.192 e. The third-order valence-corrected chi connectivity index (χ3v) is 9.95. The molecule has 1 aliphatic rings. The summed E-state index contributed by atoms with van der Waals surface area (Å²) >= 11 is 0. The Bertz CT molecular complexity index is 376. The Morgan fingerprint density at radius 2 is 1.83 bits per heavy atom. The van der Waals surface area contributed by atoms with Crippen molar-refractivity contribution in [1.82, 2.24) is 0 Å². The zero-order valence-corrected chi connectivity index (χ0v) is 17.6. The van der Waals surface area contributed by atoms with Crippen molar-refractivity contribution in [1.29, 1.82) is 0 Å². The van der Waals surface area contributed by atoms with Gasteiger partial charge in [-0.25, -0.2) is 0 Å². The third kappa shape index (κ3) is 5.53. The summed E-state index contributed by atoms with van der Waals surface area (Å²) in [5, 5.41) is 9.87. The van der Waals surface area contributed by atoms with Crippen LogP contribution in [0.3, 0.4) is 0 Å². The molecule has 0 unspecified atom stereocenters. The van der Waals surface area contributed by atoms with Crippen molar-refractivity contribution in [3.63, 3.8) is 0 Å². The highest BCUT2D eigenvalue weighted by Crippen LogP contribution is 2.40. The fourth-order valence-corrected chi connectivity index (χ4v) is 4.30. The van der Waals surface area contributed by atoms with Crippen LogP contribution < -0.4 is 0 Å². The van der Waals surface area contributed by atoms with Crippen LogP contribution in [0.5, 0.6) is 0 Å². The summed E-state index contributed by atoms with van der Waals surface area (Å²) in [6.07, 6.45) is 0.974. The standard InChI is InChI=1S/C18H38O4Si/c1-13(12-19)16(22-23(8,9)17(3,4)5)14(2)15-10-11-20-18(6,7)21-15/h13-16,19H,10-12H2,1-9H3/t13-,14-,15+,16+/m0/s1. The minimum absolute atomic E-state index is 0.000193. The summed E-state index contributed by atoms with van der Waals surface area (Å²) in [5.41, 5.74) is 0. The van der Waals surface area contributed by atoms with Gasteiger partial charge in [0.1, 0.15) is 0 Å². The van der Waals surface area contributed by atoms with Crippen molar-refractivity contribution in [2.24, 2.45) is 11.8 Å². The molecule has 5 heteroatoms. The van der Waals surface area contributed by atoms with E-state index < -0.39 is 14.1 Å². The number of ether oxygens (including phenoxy) is 2. The minimum atomic E-state index is -1.91. The smallest absolute Gasteiger partial charge is 0.192 e. The molecule has 0 amide bonds. The second-order valence-electron chi connectivity index (χ2n) is 9.06. The summed E-state index contributed by atoms with van der Waals surface area (Å²) < 4.78 is 18.5. The number of hydrogen-bond acceptors (Lipinski definition) is 4. The predicted octanol–water partition coefficient (Wildman–Crippen LogP) is 4.18. The number of aliphatic hydroxyl groups excluding tert-OH is 1. The Labute approximate surface area is 144 Å². The first-order chi connectivity index (χ1) is 10.3. The van der Waals surface area contributed by atoms with Gasteiger partial charge in [-0.05, 0) is 38.4 Å². The van der Waals surface area contributed by atoms with Gasteiger partial charge in [-0.2, -0.15) is 0 Å². The monoisotopic (exact) mass is 346 g/mol. The van der Waals surface area contributed by atoms with Gasteiger partial charge in [0.2, 0.25) is 0 Å². The number of hydrogen-bond donors (Lipinski definition) is 1. The molecule has 0 aromatic carbocycles. The molecule has 0 aromatic rings. The quantitative estimate of drug-likeness (QED) is 0.733. The highest BCUT2D eigenvalue weighted by Gasteiger charge is 2.44. The van der Waals surface area contributed by atoms with E-state index in [1.54, 1.807) is 0 Å². The maximum absolute atomic E-state index is 9.72. The lowest BCUT2D eigenvalue weighted by Crippen LogP contribution is -2.52. The second kappa shape index (κ2) is 7.52. The lowest BCUT2D eigenvalue weighted by Gasteiger charge is -2.46. The van der Waals surface area contributed by atoms with E-state index in [0.29, 0.717) is 6.61 Å². The third-order valence-electron chi connectivity index (χ3n) is 5.48. The van der Waals surface area contributed by atoms with E-state index in [9.17, 15) is 5.11 Å². The molecule has 1 fully saturated rings. The van der Waals surface area contributed by atoms with Gasteiger partial charge in [-0.3, -0.25) is 0 Å². The van der Waals surface area contributed by atoms with Crippen LogP contribution in [0.4, 0.5) is 0 Å². The molecule has 4 atom stereocenters. The molecule has 23 heavy (non-hydrogen) atoms. The topological polar surface area (TPSA) is 47.9 Å². The maximum atomic E-state index is 9.72. The van der Waals surface area contributed by atoms with Gasteiger partial charge in [-0.1, -0.05) is 34.6 Å². The Morgan fingerprint density at radius 3 is 2.26 bits per heavy atom. The van der Waals surface area contributed by atoms with E-state index in [4.69, 9.17) is 13.9 Å². The Morgan fingerprint density at radius 1 is 1.26 bits per heavy atom. The van der Waals surface area contributed by atoms with Crippen LogP contribution in [0.2, 0.25) is 18.1 Å². The zero-order valence-electron chi connectivity index (χ0n) is 16.6. The van der Waals surface area contributed by atoms with Gasteiger partial charge in [-0.15, -0.1) is 0 Å². The van der Waals surface area contributed by atoms with Gasteiger partial charge in [0.15, 0.2) is 14.1 Å². The molecule has 0 radical (unpaired) electrons. The summed E-state index contributed by atoms with van der Waals surface area (Å²) in [6.45, 7) is 20.3. The number of rotatable bonds is 6. The highest BCUT2D eigenvalue weighted by atomic mass is 28.4. The molecular formula is C18H38O4Si. The van der Waals surface area contributed by atoms with Crippen molar-refractivity contribution < 1.29 is 19.0 Å². The molecule has 138 valence electrons.